The standard InChI is InChI=1S/C11H20N2/c1-4-5-6-11(10(2)3)13-8-7-12-9-13/h7-11H,4-6H2,1-3H3. The molecule has 1 aromatic heterocycles. The van der Waals surface area contributed by atoms with E-state index in [1.54, 1.807) is 0 Å². The Morgan fingerprint density at radius 1 is 1.38 bits per heavy atom. The second kappa shape index (κ2) is 5.05. The van der Waals surface area contributed by atoms with Crippen LogP contribution >= 0.6 is 0 Å². The van der Waals surface area contributed by atoms with Crippen LogP contribution in [0.3, 0.4) is 0 Å². The molecule has 1 heterocycles. The van der Waals surface area contributed by atoms with Crippen LogP contribution in [0, 0.1) is 5.92 Å². The summed E-state index contributed by atoms with van der Waals surface area (Å²) in [4.78, 5) is 4.10. The molecule has 2 nitrogen and oxygen atoms in total. The van der Waals surface area contributed by atoms with Crippen LogP contribution in [-0.4, -0.2) is 9.55 Å². The fourth-order valence-corrected chi connectivity index (χ4v) is 1.71. The zero-order valence-electron chi connectivity index (χ0n) is 8.90. The van der Waals surface area contributed by atoms with Gasteiger partial charge in [0.1, 0.15) is 0 Å². The highest BCUT2D eigenvalue weighted by atomic mass is 15.1. The summed E-state index contributed by atoms with van der Waals surface area (Å²) in [6, 6.07) is 0.627. The third-order valence-corrected chi connectivity index (χ3v) is 2.53. The SMILES string of the molecule is CCCCC(C(C)C)n1ccnc1. The molecule has 1 unspecified atom stereocenters. The minimum atomic E-state index is 0.627. The fourth-order valence-electron chi connectivity index (χ4n) is 1.71. The Balaban J connectivity index is 2.58. The van der Waals surface area contributed by atoms with Crippen molar-refractivity contribution in [3.8, 4) is 0 Å². The van der Waals surface area contributed by atoms with Crippen LogP contribution in [-0.2, 0) is 0 Å². The van der Waals surface area contributed by atoms with Gasteiger partial charge in [-0.15, -0.1) is 0 Å². The first kappa shape index (κ1) is 10.3. The average Bonchev–Trinajstić information content (AvgIpc) is 2.57. The van der Waals surface area contributed by atoms with Crippen LogP contribution in [0.2, 0.25) is 0 Å². The zero-order chi connectivity index (χ0) is 9.68. The molecule has 1 atom stereocenters. The maximum atomic E-state index is 4.10. The molecule has 1 rings (SSSR count). The first-order valence-electron chi connectivity index (χ1n) is 5.23. The number of unbranched alkanes of at least 4 members (excludes halogenated alkanes) is 1. The molecule has 0 N–H and O–H groups in total. The molecule has 0 saturated carbocycles. The highest BCUT2D eigenvalue weighted by molar-refractivity contribution is 4.81. The van der Waals surface area contributed by atoms with Gasteiger partial charge >= 0.3 is 0 Å². The van der Waals surface area contributed by atoms with E-state index >= 15 is 0 Å². The Labute approximate surface area is 81.0 Å². The van der Waals surface area contributed by atoms with Crippen molar-refractivity contribution >= 4 is 0 Å². The molecular weight excluding hydrogens is 160 g/mol. The Morgan fingerprint density at radius 2 is 2.15 bits per heavy atom. The fraction of sp³-hybridized carbons (Fsp3) is 0.727. The molecule has 74 valence electrons. The highest BCUT2D eigenvalue weighted by Gasteiger charge is 2.13. The molecule has 0 aromatic carbocycles. The topological polar surface area (TPSA) is 17.8 Å². The summed E-state index contributed by atoms with van der Waals surface area (Å²) < 4.78 is 2.24. The third kappa shape index (κ3) is 2.87. The van der Waals surface area contributed by atoms with Crippen molar-refractivity contribution in [3.63, 3.8) is 0 Å². The van der Waals surface area contributed by atoms with Crippen LogP contribution in [0.4, 0.5) is 0 Å². The van der Waals surface area contributed by atoms with E-state index in [9.17, 15) is 0 Å². The van der Waals surface area contributed by atoms with E-state index in [0.717, 1.165) is 0 Å². The molecule has 0 aliphatic rings. The van der Waals surface area contributed by atoms with Gasteiger partial charge in [0.05, 0.1) is 6.33 Å². The lowest BCUT2D eigenvalue weighted by Crippen LogP contribution is -2.13. The smallest absolute Gasteiger partial charge is 0.0948 e. The Morgan fingerprint density at radius 3 is 2.62 bits per heavy atom. The lowest BCUT2D eigenvalue weighted by molar-refractivity contribution is 0.344. The summed E-state index contributed by atoms with van der Waals surface area (Å²) in [7, 11) is 0. The van der Waals surface area contributed by atoms with Crippen molar-refractivity contribution in [1.82, 2.24) is 9.55 Å². The van der Waals surface area contributed by atoms with Crippen LogP contribution < -0.4 is 0 Å². The first-order valence-corrected chi connectivity index (χ1v) is 5.23. The lowest BCUT2D eigenvalue weighted by Gasteiger charge is -2.21. The number of hydrogen-bond acceptors (Lipinski definition) is 1. The van der Waals surface area contributed by atoms with Gasteiger partial charge < -0.3 is 4.57 Å². The molecule has 0 fully saturated rings. The minimum Gasteiger partial charge on any atom is -0.334 e. The van der Waals surface area contributed by atoms with Gasteiger partial charge in [-0.05, 0) is 12.3 Å². The molecule has 13 heavy (non-hydrogen) atoms. The maximum absolute atomic E-state index is 4.10. The molecular formula is C11H20N2. The highest BCUT2D eigenvalue weighted by Crippen LogP contribution is 2.23. The van der Waals surface area contributed by atoms with E-state index in [4.69, 9.17) is 0 Å². The normalized spacial score (nSPS) is 13.5. The van der Waals surface area contributed by atoms with Gasteiger partial charge in [-0.3, -0.25) is 0 Å². The van der Waals surface area contributed by atoms with Crippen molar-refractivity contribution in [1.29, 1.82) is 0 Å². The Bertz CT molecular complexity index is 214. The Kier molecular flexibility index (Phi) is 4.00. The molecule has 0 saturated heterocycles. The molecule has 0 aliphatic heterocycles. The summed E-state index contributed by atoms with van der Waals surface area (Å²) in [6.07, 6.45) is 9.71. The van der Waals surface area contributed by atoms with E-state index in [1.807, 2.05) is 12.5 Å². The number of rotatable bonds is 5. The van der Waals surface area contributed by atoms with Crippen molar-refractivity contribution in [2.75, 3.05) is 0 Å². The van der Waals surface area contributed by atoms with E-state index in [2.05, 4.69) is 36.5 Å². The summed E-state index contributed by atoms with van der Waals surface area (Å²) in [5.74, 6) is 0.695. The van der Waals surface area contributed by atoms with E-state index in [1.165, 1.54) is 19.3 Å². The molecule has 0 spiro atoms. The van der Waals surface area contributed by atoms with Gasteiger partial charge in [0.25, 0.3) is 0 Å². The van der Waals surface area contributed by atoms with E-state index < -0.39 is 0 Å². The van der Waals surface area contributed by atoms with Crippen molar-refractivity contribution in [3.05, 3.63) is 18.7 Å². The first-order chi connectivity index (χ1) is 6.25. The molecule has 0 radical (unpaired) electrons. The molecule has 1 aromatic rings. The van der Waals surface area contributed by atoms with Crippen LogP contribution in [0.15, 0.2) is 18.7 Å². The monoisotopic (exact) mass is 180 g/mol. The predicted octanol–water partition coefficient (Wildman–Crippen LogP) is 3.27. The largest absolute Gasteiger partial charge is 0.334 e. The molecule has 0 bridgehead atoms. The van der Waals surface area contributed by atoms with Gasteiger partial charge in [-0.2, -0.15) is 0 Å². The predicted molar refractivity (Wildman–Crippen MR) is 55.6 cm³/mol. The lowest BCUT2D eigenvalue weighted by atomic mass is 9.98. The van der Waals surface area contributed by atoms with E-state index in [0.29, 0.717) is 12.0 Å². The van der Waals surface area contributed by atoms with Gasteiger partial charge in [0.15, 0.2) is 0 Å². The molecule has 2 heteroatoms. The Hall–Kier alpha value is -0.790. The minimum absolute atomic E-state index is 0.627. The van der Waals surface area contributed by atoms with Crippen LogP contribution in [0.5, 0.6) is 0 Å². The third-order valence-electron chi connectivity index (χ3n) is 2.53. The summed E-state index contributed by atoms with van der Waals surface area (Å²) in [5.41, 5.74) is 0. The summed E-state index contributed by atoms with van der Waals surface area (Å²) in [6.45, 7) is 6.80. The number of imidazole rings is 1. The van der Waals surface area contributed by atoms with Crippen molar-refractivity contribution < 1.29 is 0 Å². The maximum Gasteiger partial charge on any atom is 0.0948 e. The van der Waals surface area contributed by atoms with Gasteiger partial charge in [-0.1, -0.05) is 33.6 Å². The molecule has 0 aliphatic carbocycles. The van der Waals surface area contributed by atoms with Gasteiger partial charge in [-0.25, -0.2) is 4.98 Å². The van der Waals surface area contributed by atoms with Crippen LogP contribution in [0.25, 0.3) is 0 Å². The average molecular weight is 180 g/mol. The van der Waals surface area contributed by atoms with Gasteiger partial charge in [0.2, 0.25) is 0 Å². The molecule has 0 amide bonds. The van der Waals surface area contributed by atoms with Crippen LogP contribution in [0.1, 0.15) is 46.1 Å². The summed E-state index contributed by atoms with van der Waals surface area (Å²) >= 11 is 0. The second-order valence-electron chi connectivity index (χ2n) is 3.96. The van der Waals surface area contributed by atoms with Crippen molar-refractivity contribution in [2.45, 2.75) is 46.1 Å². The van der Waals surface area contributed by atoms with E-state index in [-0.39, 0.29) is 0 Å². The summed E-state index contributed by atoms with van der Waals surface area (Å²) in [5, 5.41) is 0. The number of aromatic nitrogens is 2. The number of hydrogen-bond donors (Lipinski definition) is 0. The quantitative estimate of drug-likeness (QED) is 0.680. The number of nitrogens with zero attached hydrogens (tertiary/aromatic N) is 2. The van der Waals surface area contributed by atoms with Gasteiger partial charge in [0, 0.05) is 18.4 Å². The van der Waals surface area contributed by atoms with Crippen molar-refractivity contribution in [2.24, 2.45) is 5.92 Å². The second-order valence-corrected chi connectivity index (χ2v) is 3.96. The zero-order valence-corrected chi connectivity index (χ0v) is 8.90.